The van der Waals surface area contributed by atoms with Crippen LogP contribution < -0.4 is 16.0 Å². The van der Waals surface area contributed by atoms with Crippen molar-refractivity contribution in [3.05, 3.63) is 72.2 Å². The summed E-state index contributed by atoms with van der Waals surface area (Å²) in [6.07, 6.45) is 2.68. The number of furan rings is 1. The number of ether oxygens (including phenoxy) is 1. The van der Waals surface area contributed by atoms with Crippen molar-refractivity contribution in [2.45, 2.75) is 31.8 Å². The number of halogens is 1. The molecule has 0 aliphatic carbocycles. The molecule has 8 heteroatoms. The van der Waals surface area contributed by atoms with Crippen molar-refractivity contribution >= 4 is 23.3 Å². The predicted molar refractivity (Wildman–Crippen MR) is 123 cm³/mol. The van der Waals surface area contributed by atoms with Gasteiger partial charge in [0.2, 0.25) is 5.91 Å². The highest BCUT2D eigenvalue weighted by Gasteiger charge is 2.16. The topological polar surface area (TPSA) is 92.6 Å². The van der Waals surface area contributed by atoms with E-state index in [1.807, 2.05) is 0 Å². The highest BCUT2D eigenvalue weighted by Crippen LogP contribution is 2.25. The molecule has 1 aliphatic heterocycles. The Bertz CT molecular complexity index is 1090. The van der Waals surface area contributed by atoms with Crippen molar-refractivity contribution in [1.82, 2.24) is 5.32 Å². The molecule has 1 aliphatic rings. The van der Waals surface area contributed by atoms with Gasteiger partial charge in [-0.1, -0.05) is 12.1 Å². The Hall–Kier alpha value is -3.65. The molecular weight excluding hydrogens is 425 g/mol. The monoisotopic (exact) mass is 451 g/mol. The van der Waals surface area contributed by atoms with E-state index in [1.54, 1.807) is 54.6 Å². The second kappa shape index (κ2) is 10.8. The van der Waals surface area contributed by atoms with Crippen LogP contribution in [0.5, 0.6) is 0 Å². The molecule has 1 atom stereocenters. The number of hydrogen-bond acceptors (Lipinski definition) is 4. The van der Waals surface area contributed by atoms with E-state index in [9.17, 15) is 14.0 Å². The molecule has 2 heterocycles. The molecule has 0 radical (unpaired) electrons. The molecule has 0 spiro atoms. The van der Waals surface area contributed by atoms with Crippen molar-refractivity contribution in [3.63, 3.8) is 0 Å². The molecule has 4 rings (SSSR count). The van der Waals surface area contributed by atoms with Gasteiger partial charge < -0.3 is 25.1 Å². The Morgan fingerprint density at radius 3 is 2.45 bits per heavy atom. The first-order chi connectivity index (χ1) is 16.1. The van der Waals surface area contributed by atoms with Crippen LogP contribution in [0.1, 0.15) is 25.0 Å². The van der Waals surface area contributed by atoms with Crippen LogP contribution >= 0.6 is 0 Å². The Balaban J connectivity index is 1.21. The molecule has 1 fully saturated rings. The number of aryl methyl sites for hydroxylation is 1. The minimum atomic E-state index is -0.352. The largest absolute Gasteiger partial charge is 0.461 e. The van der Waals surface area contributed by atoms with Crippen molar-refractivity contribution in [2.75, 3.05) is 23.8 Å². The van der Waals surface area contributed by atoms with Crippen LogP contribution in [0.15, 0.2) is 65.1 Å². The summed E-state index contributed by atoms with van der Waals surface area (Å²) in [5.41, 5.74) is 1.63. The zero-order valence-corrected chi connectivity index (χ0v) is 18.1. The minimum Gasteiger partial charge on any atom is -0.461 e. The molecule has 1 unspecified atom stereocenters. The van der Waals surface area contributed by atoms with Gasteiger partial charge in [-0.3, -0.25) is 4.79 Å². The molecule has 3 aromatic rings. The quantitative estimate of drug-likeness (QED) is 0.451. The number of urea groups is 1. The van der Waals surface area contributed by atoms with Crippen molar-refractivity contribution in [1.29, 1.82) is 0 Å². The summed E-state index contributed by atoms with van der Waals surface area (Å²) in [6.45, 7) is 1.23. The second-order valence-electron chi connectivity index (χ2n) is 7.84. The average molecular weight is 451 g/mol. The fourth-order valence-electron chi connectivity index (χ4n) is 3.60. The third-order valence-electron chi connectivity index (χ3n) is 5.34. The lowest BCUT2D eigenvalue weighted by atomic mass is 10.1. The molecule has 0 bridgehead atoms. The summed E-state index contributed by atoms with van der Waals surface area (Å²) < 4.78 is 25.0. The van der Waals surface area contributed by atoms with E-state index in [4.69, 9.17) is 9.15 Å². The summed E-state index contributed by atoms with van der Waals surface area (Å²) >= 11 is 0. The fraction of sp³-hybridized carbons (Fsp3) is 0.280. The van der Waals surface area contributed by atoms with Gasteiger partial charge in [0.05, 0.1) is 11.7 Å². The lowest BCUT2D eigenvalue weighted by Crippen LogP contribution is -2.35. The number of nitrogens with one attached hydrogen (secondary N) is 3. The molecule has 2 aromatic carbocycles. The van der Waals surface area contributed by atoms with Gasteiger partial charge >= 0.3 is 6.03 Å². The van der Waals surface area contributed by atoms with Crippen LogP contribution in [0, 0.1) is 5.82 Å². The maximum atomic E-state index is 13.9. The Morgan fingerprint density at radius 2 is 1.73 bits per heavy atom. The van der Waals surface area contributed by atoms with Crippen LogP contribution in [0.25, 0.3) is 11.3 Å². The number of benzene rings is 2. The van der Waals surface area contributed by atoms with Gasteiger partial charge in [-0.2, -0.15) is 0 Å². The van der Waals surface area contributed by atoms with Gasteiger partial charge in [-0.25, -0.2) is 9.18 Å². The molecule has 3 amide bonds. The fourth-order valence-corrected chi connectivity index (χ4v) is 3.60. The van der Waals surface area contributed by atoms with Crippen LogP contribution in [0.2, 0.25) is 0 Å². The molecule has 7 nitrogen and oxygen atoms in total. The first-order valence-electron chi connectivity index (χ1n) is 11.0. The highest BCUT2D eigenvalue weighted by molar-refractivity contribution is 5.92. The Labute approximate surface area is 191 Å². The molecule has 0 saturated carbocycles. The zero-order chi connectivity index (χ0) is 23.0. The summed E-state index contributed by atoms with van der Waals surface area (Å²) in [7, 11) is 0. The van der Waals surface area contributed by atoms with Crippen molar-refractivity contribution in [3.8, 4) is 11.3 Å². The summed E-state index contributed by atoms with van der Waals surface area (Å²) in [5, 5.41) is 8.37. The van der Waals surface area contributed by atoms with Crippen LogP contribution in [0.4, 0.5) is 20.6 Å². The van der Waals surface area contributed by atoms with Crippen LogP contribution in [-0.4, -0.2) is 31.2 Å². The van der Waals surface area contributed by atoms with E-state index in [2.05, 4.69) is 16.0 Å². The van der Waals surface area contributed by atoms with E-state index < -0.39 is 0 Å². The number of amides is 3. The van der Waals surface area contributed by atoms with Gasteiger partial charge in [0.1, 0.15) is 17.3 Å². The van der Waals surface area contributed by atoms with E-state index in [0.717, 1.165) is 19.4 Å². The summed E-state index contributed by atoms with van der Waals surface area (Å²) in [5.74, 6) is 0.520. The lowest BCUT2D eigenvalue weighted by molar-refractivity contribution is -0.116. The van der Waals surface area contributed by atoms with E-state index >= 15 is 0 Å². The van der Waals surface area contributed by atoms with Gasteiger partial charge in [-0.05, 0) is 61.4 Å². The number of rotatable bonds is 8. The number of hydrogen-bond donors (Lipinski definition) is 3. The Kier molecular flexibility index (Phi) is 7.36. The molecule has 33 heavy (non-hydrogen) atoms. The number of carbonyl (C=O) groups excluding carboxylic acids is 2. The molecule has 1 aromatic heterocycles. The standard InChI is InChI=1S/C25H26FN3O4/c26-22-6-2-1-5-21(22)23-13-11-19(33-23)12-14-24(30)28-17-7-9-18(10-8-17)29-25(31)27-16-20-4-3-15-32-20/h1-2,5-11,13,20H,3-4,12,14-16H2,(H,28,30)(H2,27,29,31). The highest BCUT2D eigenvalue weighted by atomic mass is 19.1. The molecule has 3 N–H and O–H groups in total. The van der Waals surface area contributed by atoms with E-state index in [1.165, 1.54) is 6.07 Å². The van der Waals surface area contributed by atoms with Gasteiger partial charge in [-0.15, -0.1) is 0 Å². The van der Waals surface area contributed by atoms with Crippen LogP contribution in [0.3, 0.4) is 0 Å². The van der Waals surface area contributed by atoms with Crippen molar-refractivity contribution in [2.24, 2.45) is 0 Å². The third-order valence-corrected chi connectivity index (χ3v) is 5.34. The summed E-state index contributed by atoms with van der Waals surface area (Å²) in [4.78, 5) is 24.3. The minimum absolute atomic E-state index is 0.0839. The smallest absolute Gasteiger partial charge is 0.319 e. The number of anilines is 2. The maximum absolute atomic E-state index is 13.9. The van der Waals surface area contributed by atoms with Gasteiger partial charge in [0.25, 0.3) is 0 Å². The van der Waals surface area contributed by atoms with Crippen LogP contribution in [-0.2, 0) is 16.0 Å². The Morgan fingerprint density at radius 1 is 0.970 bits per heavy atom. The van der Waals surface area contributed by atoms with Gasteiger partial charge in [0, 0.05) is 37.4 Å². The zero-order valence-electron chi connectivity index (χ0n) is 18.1. The maximum Gasteiger partial charge on any atom is 0.319 e. The first kappa shape index (κ1) is 22.5. The van der Waals surface area contributed by atoms with Gasteiger partial charge in [0.15, 0.2) is 0 Å². The number of carbonyl (C=O) groups is 2. The molecule has 172 valence electrons. The molecule has 1 saturated heterocycles. The first-order valence-corrected chi connectivity index (χ1v) is 11.0. The third kappa shape index (κ3) is 6.43. The normalized spacial score (nSPS) is 15.2. The second-order valence-corrected chi connectivity index (χ2v) is 7.84. The van der Waals surface area contributed by atoms with E-state index in [-0.39, 0.29) is 30.3 Å². The lowest BCUT2D eigenvalue weighted by Gasteiger charge is -2.12. The molecular formula is C25H26FN3O4. The van der Waals surface area contributed by atoms with Crippen molar-refractivity contribution < 1.29 is 23.1 Å². The SMILES string of the molecule is O=C(CCc1ccc(-c2ccccc2F)o1)Nc1ccc(NC(=O)NCC2CCCO2)cc1. The average Bonchev–Trinajstić information content (AvgIpc) is 3.50. The predicted octanol–water partition coefficient (Wildman–Crippen LogP) is 4.96. The summed E-state index contributed by atoms with van der Waals surface area (Å²) in [6, 6.07) is 16.4. The van der Waals surface area contributed by atoms with E-state index in [0.29, 0.717) is 41.4 Å².